The van der Waals surface area contributed by atoms with Crippen LogP contribution in [0.2, 0.25) is 0 Å². The van der Waals surface area contributed by atoms with Crippen LogP contribution in [-0.4, -0.2) is 0 Å². The smallest absolute Gasteiger partial charge is 0.0207 e. The molecule has 0 aliphatic rings. The van der Waals surface area contributed by atoms with Crippen molar-refractivity contribution in [3.8, 4) is 0 Å². The van der Waals surface area contributed by atoms with E-state index in [1.54, 1.807) is 0 Å². The van der Waals surface area contributed by atoms with Crippen LogP contribution in [0.25, 0.3) is 0 Å². The molecule has 0 aliphatic carbocycles. The second-order valence-electron chi connectivity index (χ2n) is 0.259. The molecule has 0 aliphatic heterocycles. The second-order valence-corrected chi connectivity index (χ2v) is 14.3. The molecule has 0 bridgehead atoms. The van der Waals surface area contributed by atoms with Crippen molar-refractivity contribution in [1.29, 1.82) is 0 Å². The summed E-state index contributed by atoms with van der Waals surface area (Å²) < 4.78 is 0. The lowest BCUT2D eigenvalue weighted by molar-refractivity contribution is 5.92. The largest absolute Gasteiger partial charge is 0.122 e. The summed E-state index contributed by atoms with van der Waals surface area (Å²) in [4.78, 5) is 0. The predicted molar refractivity (Wildman–Crippen MR) is 36.6 cm³/mol. The Morgan fingerprint density at radius 1 is 1.50 bits per heavy atom. The molecule has 0 nitrogen and oxygen atoms in total. The van der Waals surface area contributed by atoms with Crippen LogP contribution in [0.1, 0.15) is 0 Å². The van der Waals surface area contributed by atoms with E-state index in [4.69, 9.17) is 0 Å². The summed E-state index contributed by atoms with van der Waals surface area (Å²) in [6.07, 6.45) is 0. The summed E-state index contributed by atoms with van der Waals surface area (Å²) >= 11 is 6.43. The van der Waals surface area contributed by atoms with Gasteiger partial charge in [0.1, 0.15) is 0 Å². The van der Waals surface area contributed by atoms with Crippen LogP contribution in [0.15, 0.2) is 0 Å². The minimum absolute atomic E-state index is 0.0787. The number of rotatable bonds is 0. The SMILES string of the molecule is P[SH](Br)Br. The van der Waals surface area contributed by atoms with Gasteiger partial charge >= 0.3 is 0 Å². The van der Waals surface area contributed by atoms with E-state index in [0.717, 1.165) is 0 Å². The van der Waals surface area contributed by atoms with Gasteiger partial charge in [0.25, 0.3) is 0 Å². The zero-order valence-electron chi connectivity index (χ0n) is 1.78. The molecular formula is H3Br2PS. The summed E-state index contributed by atoms with van der Waals surface area (Å²) in [6.45, 7) is 0. The molecule has 0 fully saturated rings. The van der Waals surface area contributed by atoms with Gasteiger partial charge in [0.2, 0.25) is 0 Å². The van der Waals surface area contributed by atoms with Gasteiger partial charge in [-0.25, -0.2) is 0 Å². The molecule has 4 heavy (non-hydrogen) atoms. The van der Waals surface area contributed by atoms with Crippen LogP contribution >= 0.6 is 45.4 Å². The Hall–Kier alpha value is 1.74. The molecule has 0 saturated carbocycles. The minimum Gasteiger partial charge on any atom is -0.122 e. The summed E-state index contributed by atoms with van der Waals surface area (Å²) in [5, 5.41) is 0. The van der Waals surface area contributed by atoms with E-state index < -0.39 is 0 Å². The van der Waals surface area contributed by atoms with E-state index in [-0.39, 0.29) is 7.38 Å². The molecule has 0 spiro atoms. The van der Waals surface area contributed by atoms with E-state index in [0.29, 0.717) is 0 Å². The van der Waals surface area contributed by atoms with Crippen LogP contribution in [0.3, 0.4) is 0 Å². The molecule has 0 rings (SSSR count). The molecule has 0 heterocycles. The fourth-order valence-electron chi connectivity index (χ4n) is 0. The van der Waals surface area contributed by atoms with E-state index in [9.17, 15) is 0 Å². The molecule has 1 atom stereocenters. The van der Waals surface area contributed by atoms with Crippen LogP contribution in [-0.2, 0) is 0 Å². The molecule has 0 amide bonds. The highest BCUT2D eigenvalue weighted by atomic mass is 79.9. The van der Waals surface area contributed by atoms with Gasteiger partial charge in [-0.3, -0.25) is 0 Å². The number of thiol groups is 1. The van der Waals surface area contributed by atoms with Gasteiger partial charge in [-0.15, -0.1) is 7.38 Å². The standard InChI is InChI=1S/Br2H3PS/c1-4(2)3/h4H,3H2. The van der Waals surface area contributed by atoms with Crippen LogP contribution in [0.4, 0.5) is 0 Å². The zero-order chi connectivity index (χ0) is 3.58. The van der Waals surface area contributed by atoms with Crippen molar-refractivity contribution < 1.29 is 0 Å². The van der Waals surface area contributed by atoms with Gasteiger partial charge in [0, 0.05) is 0 Å². The van der Waals surface area contributed by atoms with Crippen LogP contribution in [0.5, 0.6) is 0 Å². The summed E-state index contributed by atoms with van der Waals surface area (Å²) in [7, 11) is 2.48. The van der Waals surface area contributed by atoms with E-state index in [2.05, 4.69) is 38.1 Å². The Balaban J connectivity index is 2.32. The lowest BCUT2D eigenvalue weighted by atomic mass is 30.4. The Bertz CT molecular complexity index is 10.8. The summed E-state index contributed by atoms with van der Waals surface area (Å²) in [5.41, 5.74) is 0. The number of hydrogen-bond acceptors (Lipinski definition) is 0. The highest BCUT2D eigenvalue weighted by Crippen LogP contribution is 2.49. The van der Waals surface area contributed by atoms with Crippen LogP contribution < -0.4 is 0 Å². The lowest BCUT2D eigenvalue weighted by Crippen LogP contribution is -0.985. The first-order valence-corrected chi connectivity index (χ1v) is 7.59. The number of hydrogen-bond donors (Lipinski definition) is 1. The third kappa shape index (κ3) is 9.27. The van der Waals surface area contributed by atoms with Gasteiger partial charge in [0.05, 0.1) is 0 Å². The van der Waals surface area contributed by atoms with Gasteiger partial charge in [0.15, 0.2) is 0 Å². The number of halogens is 2. The molecular weight excluding hydrogens is 223 g/mol. The van der Waals surface area contributed by atoms with Crippen molar-refractivity contribution in [3.63, 3.8) is 0 Å². The first-order valence-electron chi connectivity index (χ1n) is 0.596. The average Bonchev–Trinajstić information content (AvgIpc) is 0.811. The fourth-order valence-corrected chi connectivity index (χ4v) is 0. The lowest BCUT2D eigenvalue weighted by Gasteiger charge is -1.81. The molecule has 0 aromatic carbocycles. The van der Waals surface area contributed by atoms with Gasteiger partial charge in [-0.05, 0) is 29.6 Å². The molecule has 1 unspecified atom stereocenters. The highest BCUT2D eigenvalue weighted by Gasteiger charge is 1.65. The molecule has 0 radical (unpaired) electrons. The monoisotopic (exact) mass is 224 g/mol. The molecule has 0 saturated heterocycles. The Labute approximate surface area is 45.4 Å². The molecule has 0 aromatic heterocycles. The maximum absolute atomic E-state index is 3.22. The van der Waals surface area contributed by atoms with Crippen molar-refractivity contribution >= 4 is 45.4 Å². The maximum Gasteiger partial charge on any atom is -0.0207 e. The van der Waals surface area contributed by atoms with E-state index in [1.165, 1.54) is 0 Å². The third-order valence-corrected chi connectivity index (χ3v) is 0. The fraction of sp³-hybridized carbons (Fsp3) is 0. The topological polar surface area (TPSA) is 0 Å². The first kappa shape index (κ1) is 5.74. The molecule has 0 aromatic rings. The molecule has 28 valence electrons. The normalized spacial score (nSPS) is 11.2. The summed E-state index contributed by atoms with van der Waals surface area (Å²) in [6, 6.07) is 0. The highest BCUT2D eigenvalue weighted by molar-refractivity contribution is 9.93. The van der Waals surface area contributed by atoms with Crippen molar-refractivity contribution in [2.45, 2.75) is 0 Å². The van der Waals surface area contributed by atoms with Gasteiger partial charge in [-0.2, -0.15) is 0 Å². The zero-order valence-corrected chi connectivity index (χ0v) is 7.00. The van der Waals surface area contributed by atoms with Gasteiger partial charge in [-0.1, -0.05) is 8.44 Å². The van der Waals surface area contributed by atoms with Crippen molar-refractivity contribution in [1.82, 2.24) is 0 Å². The van der Waals surface area contributed by atoms with E-state index >= 15 is 0 Å². The molecule has 0 N–H and O–H groups in total. The second kappa shape index (κ2) is 2.95. The average molecular weight is 226 g/mol. The van der Waals surface area contributed by atoms with Crippen molar-refractivity contribution in [2.24, 2.45) is 0 Å². The molecule has 4 heteroatoms. The van der Waals surface area contributed by atoms with E-state index in [1.807, 2.05) is 0 Å². The third-order valence-electron chi connectivity index (χ3n) is 0. The Morgan fingerprint density at radius 3 is 1.50 bits per heavy atom. The Morgan fingerprint density at radius 2 is 1.50 bits per heavy atom. The maximum atomic E-state index is 3.22. The van der Waals surface area contributed by atoms with Gasteiger partial charge < -0.3 is 0 Å². The van der Waals surface area contributed by atoms with Crippen molar-refractivity contribution in [3.05, 3.63) is 0 Å². The van der Waals surface area contributed by atoms with Crippen LogP contribution in [0, 0.1) is 0 Å². The first-order chi connectivity index (χ1) is 1.73. The van der Waals surface area contributed by atoms with Crippen molar-refractivity contribution in [2.75, 3.05) is 0 Å². The quantitative estimate of drug-likeness (QED) is 0.475. The predicted octanol–water partition coefficient (Wildman–Crippen LogP) is 2.40. The Kier molecular flexibility index (Phi) is 4.23. The minimum atomic E-state index is -0.0787. The summed E-state index contributed by atoms with van der Waals surface area (Å²) in [5.74, 6) is 0.